The van der Waals surface area contributed by atoms with Crippen molar-refractivity contribution in [3.63, 3.8) is 0 Å². The first-order valence-electron chi connectivity index (χ1n) is 8.30. The van der Waals surface area contributed by atoms with Crippen LogP contribution >= 0.6 is 23.2 Å². The molecule has 0 aliphatic heterocycles. The van der Waals surface area contributed by atoms with Crippen molar-refractivity contribution in [1.82, 2.24) is 4.72 Å². The van der Waals surface area contributed by atoms with Crippen LogP contribution in [0.5, 0.6) is 5.75 Å². The number of anilines is 1. The Morgan fingerprint density at radius 3 is 2.48 bits per heavy atom. The molecule has 2 N–H and O–H groups in total. The quantitative estimate of drug-likeness (QED) is 0.586. The summed E-state index contributed by atoms with van der Waals surface area (Å²) in [4.78, 5) is 12.1. The molecule has 0 spiro atoms. The largest absolute Gasteiger partial charge is 0.484 e. The highest BCUT2D eigenvalue weighted by atomic mass is 35.5. The van der Waals surface area contributed by atoms with E-state index in [1.54, 1.807) is 18.2 Å². The lowest BCUT2D eigenvalue weighted by Crippen LogP contribution is -2.24. The number of sulfonamides is 1. The molecule has 0 aliphatic carbocycles. The molecule has 0 fully saturated rings. The molecule has 0 atom stereocenters. The van der Waals surface area contributed by atoms with Gasteiger partial charge in [-0.15, -0.1) is 0 Å². The van der Waals surface area contributed by atoms with Crippen molar-refractivity contribution in [1.29, 1.82) is 0 Å². The zero-order chi connectivity index (χ0) is 19.9. The monoisotopic (exact) mass is 430 g/mol. The molecule has 0 unspecified atom stereocenters. The van der Waals surface area contributed by atoms with Gasteiger partial charge in [0.1, 0.15) is 5.75 Å². The molecule has 0 bridgehead atoms. The number of nitrogens with one attached hydrogen (secondary N) is 2. The molecular weight excluding hydrogens is 411 g/mol. The molecule has 0 aromatic heterocycles. The van der Waals surface area contributed by atoms with E-state index in [2.05, 4.69) is 10.0 Å². The van der Waals surface area contributed by atoms with Gasteiger partial charge in [-0.1, -0.05) is 42.6 Å². The van der Waals surface area contributed by atoms with Gasteiger partial charge in [0.15, 0.2) is 6.61 Å². The first kappa shape index (κ1) is 21.5. The maximum Gasteiger partial charge on any atom is 0.262 e. The third-order valence-electron chi connectivity index (χ3n) is 3.55. The van der Waals surface area contributed by atoms with E-state index >= 15 is 0 Å². The van der Waals surface area contributed by atoms with E-state index in [-0.39, 0.29) is 16.5 Å². The van der Waals surface area contributed by atoms with E-state index in [1.165, 1.54) is 24.3 Å². The smallest absolute Gasteiger partial charge is 0.262 e. The molecule has 2 aromatic rings. The summed E-state index contributed by atoms with van der Waals surface area (Å²) in [5.74, 6) is -0.0491. The fraction of sp³-hybridized carbons (Fsp3) is 0.278. The minimum Gasteiger partial charge on any atom is -0.484 e. The molecular formula is C18H20Cl2N2O4S. The van der Waals surface area contributed by atoms with Gasteiger partial charge in [0.25, 0.3) is 5.91 Å². The van der Waals surface area contributed by atoms with E-state index in [0.29, 0.717) is 23.0 Å². The fourth-order valence-corrected chi connectivity index (χ4v) is 3.54. The van der Waals surface area contributed by atoms with Crippen molar-refractivity contribution in [2.75, 3.05) is 18.5 Å². The summed E-state index contributed by atoms with van der Waals surface area (Å²) in [5.41, 5.74) is 0.386. The van der Waals surface area contributed by atoms with Gasteiger partial charge in [0.2, 0.25) is 10.0 Å². The third kappa shape index (κ3) is 6.39. The summed E-state index contributed by atoms with van der Waals surface area (Å²) < 4.78 is 32.1. The average molecular weight is 431 g/mol. The number of halogens is 2. The Bertz CT molecular complexity index is 887. The molecule has 2 aromatic carbocycles. The first-order chi connectivity index (χ1) is 12.8. The van der Waals surface area contributed by atoms with Crippen molar-refractivity contribution in [3.8, 4) is 5.75 Å². The second-order valence-corrected chi connectivity index (χ2v) is 8.21. The molecule has 0 saturated heterocycles. The predicted molar refractivity (Wildman–Crippen MR) is 107 cm³/mol. The summed E-state index contributed by atoms with van der Waals surface area (Å²) in [6, 6.07) is 10.7. The molecule has 0 saturated carbocycles. The Kier molecular flexibility index (Phi) is 7.91. The molecule has 146 valence electrons. The van der Waals surface area contributed by atoms with E-state index in [0.717, 1.165) is 12.8 Å². The predicted octanol–water partition coefficient (Wildman–Crippen LogP) is 4.09. The maximum atomic E-state index is 12.1. The van der Waals surface area contributed by atoms with Gasteiger partial charge < -0.3 is 10.1 Å². The van der Waals surface area contributed by atoms with Gasteiger partial charge in [-0.05, 0) is 42.8 Å². The van der Waals surface area contributed by atoms with Gasteiger partial charge >= 0.3 is 0 Å². The van der Waals surface area contributed by atoms with E-state index < -0.39 is 15.9 Å². The van der Waals surface area contributed by atoms with Gasteiger partial charge in [0, 0.05) is 6.54 Å². The first-order valence-corrected chi connectivity index (χ1v) is 10.5. The molecule has 1 amide bonds. The van der Waals surface area contributed by atoms with Crippen LogP contribution in [0.25, 0.3) is 0 Å². The van der Waals surface area contributed by atoms with Crippen molar-refractivity contribution >= 4 is 44.8 Å². The van der Waals surface area contributed by atoms with Crippen LogP contribution in [0.15, 0.2) is 47.4 Å². The Morgan fingerprint density at radius 1 is 1.11 bits per heavy atom. The van der Waals surface area contributed by atoms with Crippen LogP contribution in [-0.4, -0.2) is 27.5 Å². The molecule has 0 heterocycles. The lowest BCUT2D eigenvalue weighted by Gasteiger charge is -2.10. The Balaban J connectivity index is 1.91. The number of hydrogen-bond acceptors (Lipinski definition) is 4. The van der Waals surface area contributed by atoms with E-state index in [4.69, 9.17) is 27.9 Å². The van der Waals surface area contributed by atoms with Crippen molar-refractivity contribution in [3.05, 3.63) is 52.5 Å². The number of ether oxygens (including phenoxy) is 1. The minimum absolute atomic E-state index is 0.140. The van der Waals surface area contributed by atoms with Crippen LogP contribution in [0, 0.1) is 0 Å². The standard InChI is InChI=1S/C18H20Cl2N2O4S/c1-2-3-11-21-27(24,25)14-9-7-13(8-10-14)26-12-17(23)22-16-6-4-5-15(19)18(16)20/h4-10,21H,2-3,11-12H2,1H3,(H,22,23). The zero-order valence-electron chi connectivity index (χ0n) is 14.7. The van der Waals surface area contributed by atoms with Crippen LogP contribution in [0.2, 0.25) is 10.0 Å². The second kappa shape index (κ2) is 9.94. The zero-order valence-corrected chi connectivity index (χ0v) is 17.0. The highest BCUT2D eigenvalue weighted by molar-refractivity contribution is 7.89. The molecule has 27 heavy (non-hydrogen) atoms. The van der Waals surface area contributed by atoms with E-state index in [1.807, 2.05) is 6.92 Å². The SMILES string of the molecule is CCCCNS(=O)(=O)c1ccc(OCC(=O)Nc2cccc(Cl)c2Cl)cc1. The van der Waals surface area contributed by atoms with Crippen molar-refractivity contribution in [2.45, 2.75) is 24.7 Å². The number of carbonyl (C=O) groups is 1. The normalized spacial score (nSPS) is 11.2. The van der Waals surface area contributed by atoms with Crippen LogP contribution < -0.4 is 14.8 Å². The molecule has 0 aliphatic rings. The number of rotatable bonds is 9. The van der Waals surface area contributed by atoms with Crippen LogP contribution in [0.4, 0.5) is 5.69 Å². The van der Waals surface area contributed by atoms with Gasteiger partial charge in [-0.2, -0.15) is 0 Å². The summed E-state index contributed by atoms with van der Waals surface area (Å²) in [6.45, 7) is 2.12. The van der Waals surface area contributed by atoms with Crippen LogP contribution in [0.3, 0.4) is 0 Å². The Morgan fingerprint density at radius 2 is 1.81 bits per heavy atom. The summed E-state index contributed by atoms with van der Waals surface area (Å²) in [5, 5.41) is 3.18. The van der Waals surface area contributed by atoms with Gasteiger partial charge in [0.05, 0.1) is 20.6 Å². The molecule has 0 radical (unpaired) electrons. The summed E-state index contributed by atoms with van der Waals surface area (Å²) in [7, 11) is -3.54. The van der Waals surface area contributed by atoms with Gasteiger partial charge in [-0.3, -0.25) is 4.79 Å². The van der Waals surface area contributed by atoms with E-state index in [9.17, 15) is 13.2 Å². The van der Waals surface area contributed by atoms with Crippen molar-refractivity contribution in [2.24, 2.45) is 0 Å². The number of carbonyl (C=O) groups excluding carboxylic acids is 1. The molecule has 6 nitrogen and oxygen atoms in total. The van der Waals surface area contributed by atoms with Crippen molar-refractivity contribution < 1.29 is 17.9 Å². The van der Waals surface area contributed by atoms with Crippen LogP contribution in [-0.2, 0) is 14.8 Å². The Hall–Kier alpha value is -1.80. The maximum absolute atomic E-state index is 12.1. The lowest BCUT2D eigenvalue weighted by atomic mass is 10.3. The number of benzene rings is 2. The number of amides is 1. The minimum atomic E-state index is -3.54. The van der Waals surface area contributed by atoms with Crippen LogP contribution in [0.1, 0.15) is 19.8 Å². The lowest BCUT2D eigenvalue weighted by molar-refractivity contribution is -0.118. The third-order valence-corrected chi connectivity index (χ3v) is 5.85. The molecule has 2 rings (SSSR count). The summed E-state index contributed by atoms with van der Waals surface area (Å²) >= 11 is 11.9. The highest BCUT2D eigenvalue weighted by Crippen LogP contribution is 2.29. The fourth-order valence-electron chi connectivity index (χ4n) is 2.12. The highest BCUT2D eigenvalue weighted by Gasteiger charge is 2.13. The number of hydrogen-bond donors (Lipinski definition) is 2. The second-order valence-electron chi connectivity index (χ2n) is 5.66. The number of unbranched alkanes of at least 4 members (excludes halogenated alkanes) is 1. The average Bonchev–Trinajstić information content (AvgIpc) is 2.64. The van der Waals surface area contributed by atoms with Gasteiger partial charge in [-0.25, -0.2) is 13.1 Å². The Labute approximate surface area is 168 Å². The summed E-state index contributed by atoms with van der Waals surface area (Å²) in [6.07, 6.45) is 1.67. The topological polar surface area (TPSA) is 84.5 Å². The molecule has 9 heteroatoms.